The third-order valence-electron chi connectivity index (χ3n) is 1.85. The second kappa shape index (κ2) is 4.67. The first-order chi connectivity index (χ1) is 7.43. The Morgan fingerprint density at radius 2 is 2.19 bits per heavy atom. The fourth-order valence-corrected chi connectivity index (χ4v) is 0.835. The van der Waals surface area contributed by atoms with Crippen molar-refractivity contribution in [1.82, 2.24) is 15.3 Å². The predicted octanol–water partition coefficient (Wildman–Crippen LogP) is -0.958. The van der Waals surface area contributed by atoms with Gasteiger partial charge in [-0.2, -0.15) is 0 Å². The minimum Gasteiger partial charge on any atom is -0.479 e. The van der Waals surface area contributed by atoms with Crippen LogP contribution in [-0.4, -0.2) is 44.2 Å². The molecular weight excluding hydrogens is 214 g/mol. The van der Waals surface area contributed by atoms with Gasteiger partial charge in [0.15, 0.2) is 5.60 Å². The summed E-state index contributed by atoms with van der Waals surface area (Å²) < 4.78 is 0. The molecule has 0 aliphatic carbocycles. The van der Waals surface area contributed by atoms with Crippen molar-refractivity contribution in [3.63, 3.8) is 0 Å². The van der Waals surface area contributed by atoms with Crippen LogP contribution in [0.25, 0.3) is 0 Å². The van der Waals surface area contributed by atoms with Gasteiger partial charge in [0.25, 0.3) is 5.91 Å². The number of rotatable bonds is 4. The largest absolute Gasteiger partial charge is 0.479 e. The van der Waals surface area contributed by atoms with Crippen molar-refractivity contribution >= 4 is 11.9 Å². The van der Waals surface area contributed by atoms with Gasteiger partial charge >= 0.3 is 5.97 Å². The molecule has 0 saturated carbocycles. The molecule has 1 rings (SSSR count). The number of amides is 1. The quantitative estimate of drug-likeness (QED) is 0.608. The van der Waals surface area contributed by atoms with Crippen molar-refractivity contribution < 1.29 is 19.8 Å². The lowest BCUT2D eigenvalue weighted by Crippen LogP contribution is -2.46. The summed E-state index contributed by atoms with van der Waals surface area (Å²) in [5.74, 6) is -2.00. The van der Waals surface area contributed by atoms with Gasteiger partial charge in [-0.15, -0.1) is 0 Å². The van der Waals surface area contributed by atoms with Gasteiger partial charge in [0, 0.05) is 12.4 Å². The highest BCUT2D eigenvalue weighted by Gasteiger charge is 2.30. The lowest BCUT2D eigenvalue weighted by Gasteiger charge is -2.17. The number of carbonyl (C=O) groups excluding carboxylic acids is 1. The molecule has 0 saturated heterocycles. The van der Waals surface area contributed by atoms with Crippen molar-refractivity contribution in [1.29, 1.82) is 0 Å². The van der Waals surface area contributed by atoms with Crippen LogP contribution < -0.4 is 5.32 Å². The molecule has 0 aromatic carbocycles. The zero-order valence-electron chi connectivity index (χ0n) is 8.54. The molecule has 0 fully saturated rings. The van der Waals surface area contributed by atoms with E-state index in [1.54, 1.807) is 0 Å². The molecule has 1 amide bonds. The summed E-state index contributed by atoms with van der Waals surface area (Å²) in [6, 6.07) is 0. The minimum atomic E-state index is -2.00. The number of carboxylic acid groups (broad SMARTS) is 1. The summed E-state index contributed by atoms with van der Waals surface area (Å²) in [6.07, 6.45) is 3.99. The van der Waals surface area contributed by atoms with Crippen LogP contribution in [0.1, 0.15) is 17.4 Å². The van der Waals surface area contributed by atoms with Crippen LogP contribution in [0, 0.1) is 0 Å². The van der Waals surface area contributed by atoms with Crippen LogP contribution in [0.2, 0.25) is 0 Å². The van der Waals surface area contributed by atoms with Crippen molar-refractivity contribution in [2.75, 3.05) is 6.54 Å². The van der Waals surface area contributed by atoms with E-state index < -0.39 is 24.0 Å². The molecule has 0 radical (unpaired) electrons. The monoisotopic (exact) mass is 225 g/mol. The molecule has 0 aliphatic rings. The highest BCUT2D eigenvalue weighted by Crippen LogP contribution is 2.01. The van der Waals surface area contributed by atoms with Gasteiger partial charge in [0.05, 0.1) is 12.7 Å². The van der Waals surface area contributed by atoms with E-state index in [0.29, 0.717) is 0 Å². The molecule has 3 N–H and O–H groups in total. The molecule has 86 valence electrons. The Balaban J connectivity index is 2.58. The Kier molecular flexibility index (Phi) is 3.51. The Labute approximate surface area is 91.2 Å². The number of nitrogens with zero attached hydrogens (tertiary/aromatic N) is 2. The number of aliphatic hydroxyl groups is 1. The maximum absolute atomic E-state index is 11.4. The Bertz CT molecular complexity index is 391. The average Bonchev–Trinajstić information content (AvgIpc) is 2.27. The molecule has 1 unspecified atom stereocenters. The van der Waals surface area contributed by atoms with Gasteiger partial charge in [-0.05, 0) is 6.92 Å². The Morgan fingerprint density at radius 1 is 1.50 bits per heavy atom. The standard InChI is InChI=1S/C9H11N3O4/c1-9(16,8(14)15)5-12-7(13)6-4-10-2-3-11-6/h2-4,16H,5H2,1H3,(H,12,13)(H,14,15). The van der Waals surface area contributed by atoms with E-state index >= 15 is 0 Å². The molecule has 7 heteroatoms. The summed E-state index contributed by atoms with van der Waals surface area (Å²) >= 11 is 0. The van der Waals surface area contributed by atoms with E-state index in [1.807, 2.05) is 0 Å². The molecular formula is C9H11N3O4. The smallest absolute Gasteiger partial charge is 0.337 e. The molecule has 16 heavy (non-hydrogen) atoms. The lowest BCUT2D eigenvalue weighted by atomic mass is 10.1. The fraction of sp³-hybridized carbons (Fsp3) is 0.333. The van der Waals surface area contributed by atoms with E-state index in [4.69, 9.17) is 5.11 Å². The summed E-state index contributed by atoms with van der Waals surface area (Å²) in [7, 11) is 0. The molecule has 7 nitrogen and oxygen atoms in total. The second-order valence-electron chi connectivity index (χ2n) is 3.35. The van der Waals surface area contributed by atoms with E-state index in [0.717, 1.165) is 6.92 Å². The maximum atomic E-state index is 11.4. The zero-order chi connectivity index (χ0) is 12.2. The molecule has 1 heterocycles. The molecule has 1 aromatic rings. The van der Waals surface area contributed by atoms with Crippen LogP contribution in [0.4, 0.5) is 0 Å². The van der Waals surface area contributed by atoms with Crippen LogP contribution >= 0.6 is 0 Å². The topological polar surface area (TPSA) is 112 Å². The zero-order valence-corrected chi connectivity index (χ0v) is 8.54. The number of nitrogens with one attached hydrogen (secondary N) is 1. The van der Waals surface area contributed by atoms with Crippen LogP contribution in [0.15, 0.2) is 18.6 Å². The number of hydrogen-bond acceptors (Lipinski definition) is 5. The highest BCUT2D eigenvalue weighted by atomic mass is 16.4. The number of hydrogen-bond donors (Lipinski definition) is 3. The number of aromatic nitrogens is 2. The van der Waals surface area contributed by atoms with Crippen LogP contribution in [0.5, 0.6) is 0 Å². The molecule has 0 spiro atoms. The molecule has 1 aromatic heterocycles. The minimum absolute atomic E-state index is 0.0590. The first-order valence-corrected chi connectivity index (χ1v) is 4.43. The van der Waals surface area contributed by atoms with E-state index in [2.05, 4.69) is 15.3 Å². The lowest BCUT2D eigenvalue weighted by molar-refractivity contribution is -0.155. The van der Waals surface area contributed by atoms with Gasteiger partial charge in [0.2, 0.25) is 0 Å². The second-order valence-corrected chi connectivity index (χ2v) is 3.35. The number of carbonyl (C=O) groups is 2. The molecule has 0 aliphatic heterocycles. The van der Waals surface area contributed by atoms with Crippen molar-refractivity contribution in [2.24, 2.45) is 0 Å². The van der Waals surface area contributed by atoms with E-state index in [1.165, 1.54) is 18.6 Å². The number of aliphatic carboxylic acids is 1. The maximum Gasteiger partial charge on any atom is 0.337 e. The third kappa shape index (κ3) is 2.99. The summed E-state index contributed by atoms with van der Waals surface area (Å²) in [4.78, 5) is 29.3. The van der Waals surface area contributed by atoms with Crippen molar-refractivity contribution in [3.05, 3.63) is 24.3 Å². The summed E-state index contributed by atoms with van der Waals surface area (Å²) in [5.41, 5.74) is -1.94. The number of carboxylic acids is 1. The summed E-state index contributed by atoms with van der Waals surface area (Å²) in [6.45, 7) is 0.685. The van der Waals surface area contributed by atoms with Gasteiger partial charge in [0.1, 0.15) is 5.69 Å². The first kappa shape index (κ1) is 12.1. The highest BCUT2D eigenvalue weighted by molar-refractivity contribution is 5.92. The first-order valence-electron chi connectivity index (χ1n) is 4.43. The van der Waals surface area contributed by atoms with Crippen molar-refractivity contribution in [3.8, 4) is 0 Å². The van der Waals surface area contributed by atoms with Gasteiger partial charge < -0.3 is 15.5 Å². The summed E-state index contributed by atoms with van der Waals surface area (Å²) in [5, 5.41) is 20.2. The van der Waals surface area contributed by atoms with Gasteiger partial charge in [-0.3, -0.25) is 9.78 Å². The predicted molar refractivity (Wildman–Crippen MR) is 52.6 cm³/mol. The fourth-order valence-electron chi connectivity index (χ4n) is 0.835. The van der Waals surface area contributed by atoms with E-state index in [9.17, 15) is 14.7 Å². The van der Waals surface area contributed by atoms with E-state index in [-0.39, 0.29) is 5.69 Å². The van der Waals surface area contributed by atoms with Crippen molar-refractivity contribution in [2.45, 2.75) is 12.5 Å². The van der Waals surface area contributed by atoms with Gasteiger partial charge in [-0.1, -0.05) is 0 Å². The van der Waals surface area contributed by atoms with Crippen LogP contribution in [0.3, 0.4) is 0 Å². The SMILES string of the molecule is CC(O)(CNC(=O)c1cnccn1)C(=O)O. The third-order valence-corrected chi connectivity index (χ3v) is 1.85. The van der Waals surface area contributed by atoms with Gasteiger partial charge in [-0.25, -0.2) is 9.78 Å². The average molecular weight is 225 g/mol. The van der Waals surface area contributed by atoms with Crippen LogP contribution in [-0.2, 0) is 4.79 Å². The molecule has 0 bridgehead atoms. The normalized spacial score (nSPS) is 13.9. The Morgan fingerprint density at radius 3 is 2.69 bits per heavy atom. The Hall–Kier alpha value is -2.02. The molecule has 1 atom stereocenters.